The van der Waals surface area contributed by atoms with Crippen LogP contribution in [-0.2, 0) is 4.74 Å². The van der Waals surface area contributed by atoms with Gasteiger partial charge in [-0.2, -0.15) is 0 Å². The molecule has 0 spiro atoms. The monoisotopic (exact) mass is 287 g/mol. The van der Waals surface area contributed by atoms with Gasteiger partial charge in [0.1, 0.15) is 17.6 Å². The van der Waals surface area contributed by atoms with Gasteiger partial charge in [-0.05, 0) is 44.9 Å². The molecule has 1 aliphatic rings. The maximum Gasteiger partial charge on any atom is 0.150 e. The molecular weight excluding hydrogens is 269 g/mol. The quantitative estimate of drug-likeness (QED) is 0.787. The summed E-state index contributed by atoms with van der Waals surface area (Å²) in [6.07, 6.45) is 2.42. The highest BCUT2D eigenvalue weighted by Gasteiger charge is 2.30. The summed E-state index contributed by atoms with van der Waals surface area (Å²) in [7, 11) is 0. The third kappa shape index (κ3) is 2.81. The number of pyridine rings is 1. The average Bonchev–Trinajstić information content (AvgIpc) is 2.45. The number of benzene rings is 1. The third-order valence-electron chi connectivity index (χ3n) is 4.04. The Kier molecular flexibility index (Phi) is 3.49. The lowest BCUT2D eigenvalue weighted by atomic mass is 9.86. The number of halogens is 1. The number of carbonyl (C=O) groups is 1. The highest BCUT2D eigenvalue weighted by Crippen LogP contribution is 2.35. The minimum atomic E-state index is -0.442. The average molecular weight is 287 g/mol. The minimum absolute atomic E-state index is 0.167. The van der Waals surface area contributed by atoms with E-state index in [1.807, 2.05) is 12.1 Å². The van der Waals surface area contributed by atoms with E-state index in [2.05, 4.69) is 18.8 Å². The topological polar surface area (TPSA) is 39.2 Å². The molecule has 1 aliphatic heterocycles. The van der Waals surface area contributed by atoms with Crippen molar-refractivity contribution < 1.29 is 13.9 Å². The van der Waals surface area contributed by atoms with Crippen LogP contribution in [0, 0.1) is 5.82 Å². The lowest BCUT2D eigenvalue weighted by Gasteiger charge is -2.35. The Morgan fingerprint density at radius 3 is 2.90 bits per heavy atom. The molecule has 0 amide bonds. The fourth-order valence-corrected chi connectivity index (χ4v) is 3.01. The fourth-order valence-electron chi connectivity index (χ4n) is 3.01. The molecule has 2 heterocycles. The first kappa shape index (κ1) is 14.1. The summed E-state index contributed by atoms with van der Waals surface area (Å²) in [5, 5.41) is 0.659. The van der Waals surface area contributed by atoms with Gasteiger partial charge in [-0.25, -0.2) is 9.37 Å². The summed E-state index contributed by atoms with van der Waals surface area (Å²) in [5.74, 6) is -0.161. The highest BCUT2D eigenvalue weighted by atomic mass is 19.1. The van der Waals surface area contributed by atoms with Gasteiger partial charge in [0, 0.05) is 29.2 Å². The molecule has 21 heavy (non-hydrogen) atoms. The summed E-state index contributed by atoms with van der Waals surface area (Å²) < 4.78 is 19.8. The Hall–Kier alpha value is -1.81. The standard InChI is InChI=1S/C17H18FNO2/c1-17(2)9-13(5-6-21-17)15-4-3-12-7-11(10-20)8-14(18)16(12)19-15/h3-4,7-8,10,13H,5-6,9H2,1-2H3/t13-/m0/s1. The van der Waals surface area contributed by atoms with Crippen molar-refractivity contribution in [1.29, 1.82) is 0 Å². The van der Waals surface area contributed by atoms with Gasteiger partial charge in [-0.3, -0.25) is 4.79 Å². The number of hydrogen-bond donors (Lipinski definition) is 0. The third-order valence-corrected chi connectivity index (χ3v) is 4.04. The second-order valence-corrected chi connectivity index (χ2v) is 6.23. The lowest BCUT2D eigenvalue weighted by molar-refractivity contribution is -0.0597. The normalized spacial score (nSPS) is 21.4. The second kappa shape index (κ2) is 5.19. The first-order chi connectivity index (χ1) is 9.98. The highest BCUT2D eigenvalue weighted by molar-refractivity contribution is 5.87. The molecular formula is C17H18FNO2. The van der Waals surface area contributed by atoms with Crippen molar-refractivity contribution in [1.82, 2.24) is 4.98 Å². The number of hydrogen-bond acceptors (Lipinski definition) is 3. The zero-order valence-electron chi connectivity index (χ0n) is 12.2. The van der Waals surface area contributed by atoms with Crippen molar-refractivity contribution in [3.8, 4) is 0 Å². The molecule has 1 saturated heterocycles. The first-order valence-corrected chi connectivity index (χ1v) is 7.18. The Bertz CT molecular complexity index is 696. The number of nitrogens with zero attached hydrogens (tertiary/aromatic N) is 1. The molecule has 0 N–H and O–H groups in total. The molecule has 1 aromatic heterocycles. The maximum atomic E-state index is 14.1. The van der Waals surface area contributed by atoms with E-state index in [1.165, 1.54) is 6.07 Å². The van der Waals surface area contributed by atoms with E-state index in [-0.39, 0.29) is 11.5 Å². The molecule has 4 heteroatoms. The number of ether oxygens (including phenoxy) is 1. The summed E-state index contributed by atoms with van der Waals surface area (Å²) in [4.78, 5) is 15.3. The molecule has 0 radical (unpaired) electrons. The van der Waals surface area contributed by atoms with Crippen LogP contribution in [0.4, 0.5) is 4.39 Å². The van der Waals surface area contributed by atoms with Crippen LogP contribution < -0.4 is 0 Å². The van der Waals surface area contributed by atoms with Gasteiger partial charge in [-0.1, -0.05) is 6.07 Å². The Morgan fingerprint density at radius 2 is 2.19 bits per heavy atom. The van der Waals surface area contributed by atoms with Gasteiger partial charge in [0.2, 0.25) is 0 Å². The lowest BCUT2D eigenvalue weighted by Crippen LogP contribution is -2.33. The second-order valence-electron chi connectivity index (χ2n) is 6.23. The van der Waals surface area contributed by atoms with Gasteiger partial charge in [0.25, 0.3) is 0 Å². The smallest absolute Gasteiger partial charge is 0.150 e. The minimum Gasteiger partial charge on any atom is -0.376 e. The molecule has 0 aliphatic carbocycles. The van der Waals surface area contributed by atoms with Crippen molar-refractivity contribution in [3.63, 3.8) is 0 Å². The zero-order chi connectivity index (χ0) is 15.0. The number of carbonyl (C=O) groups excluding carboxylic acids is 1. The maximum absolute atomic E-state index is 14.1. The number of rotatable bonds is 2. The van der Waals surface area contributed by atoms with E-state index < -0.39 is 5.82 Å². The predicted molar refractivity (Wildman–Crippen MR) is 79.1 cm³/mol. The predicted octanol–water partition coefficient (Wildman–Crippen LogP) is 3.86. The summed E-state index contributed by atoms with van der Waals surface area (Å²) in [5.41, 5.74) is 1.40. The molecule has 110 valence electrons. The van der Waals surface area contributed by atoms with Gasteiger partial charge >= 0.3 is 0 Å². The van der Waals surface area contributed by atoms with Crippen molar-refractivity contribution in [2.45, 2.75) is 38.2 Å². The fraction of sp³-hybridized carbons (Fsp3) is 0.412. The first-order valence-electron chi connectivity index (χ1n) is 7.18. The molecule has 0 bridgehead atoms. The van der Waals surface area contributed by atoms with E-state index in [0.29, 0.717) is 29.4 Å². The van der Waals surface area contributed by atoms with Gasteiger partial charge < -0.3 is 4.74 Å². The van der Waals surface area contributed by atoms with Gasteiger partial charge in [0.15, 0.2) is 0 Å². The van der Waals surface area contributed by atoms with E-state index in [0.717, 1.165) is 18.5 Å². The van der Waals surface area contributed by atoms with Crippen molar-refractivity contribution in [3.05, 3.63) is 41.3 Å². The van der Waals surface area contributed by atoms with Crippen LogP contribution in [0.2, 0.25) is 0 Å². The van der Waals surface area contributed by atoms with Crippen molar-refractivity contribution in [2.24, 2.45) is 0 Å². The Balaban J connectivity index is 2.01. The molecule has 0 unspecified atom stereocenters. The zero-order valence-corrected chi connectivity index (χ0v) is 12.2. The molecule has 1 aromatic carbocycles. The van der Waals surface area contributed by atoms with Gasteiger partial charge in [-0.15, -0.1) is 0 Å². The van der Waals surface area contributed by atoms with Crippen LogP contribution in [-0.4, -0.2) is 23.5 Å². The largest absolute Gasteiger partial charge is 0.376 e. The number of fused-ring (bicyclic) bond motifs is 1. The summed E-state index contributed by atoms with van der Waals surface area (Å²) >= 11 is 0. The van der Waals surface area contributed by atoms with Crippen LogP contribution in [0.5, 0.6) is 0 Å². The molecule has 2 aromatic rings. The van der Waals surface area contributed by atoms with Gasteiger partial charge in [0.05, 0.1) is 5.60 Å². The van der Waals surface area contributed by atoms with E-state index >= 15 is 0 Å². The Labute approximate surface area is 123 Å². The van der Waals surface area contributed by atoms with Crippen LogP contribution in [0.1, 0.15) is 48.7 Å². The number of aromatic nitrogens is 1. The van der Waals surface area contributed by atoms with Crippen molar-refractivity contribution in [2.75, 3.05) is 6.61 Å². The molecule has 0 saturated carbocycles. The Morgan fingerprint density at radius 1 is 1.38 bits per heavy atom. The van der Waals surface area contributed by atoms with Crippen LogP contribution in [0.3, 0.4) is 0 Å². The molecule has 1 fully saturated rings. The van der Waals surface area contributed by atoms with Crippen molar-refractivity contribution >= 4 is 17.2 Å². The van der Waals surface area contributed by atoms with E-state index in [9.17, 15) is 9.18 Å². The van der Waals surface area contributed by atoms with Crippen LogP contribution >= 0.6 is 0 Å². The molecule has 3 nitrogen and oxygen atoms in total. The van der Waals surface area contributed by atoms with Crippen LogP contribution in [0.25, 0.3) is 10.9 Å². The SMILES string of the molecule is CC1(C)C[C@@H](c2ccc3cc(C=O)cc(F)c3n2)CCO1. The van der Waals surface area contributed by atoms with Crippen LogP contribution in [0.15, 0.2) is 24.3 Å². The van der Waals surface area contributed by atoms with E-state index in [4.69, 9.17) is 4.74 Å². The summed E-state index contributed by atoms with van der Waals surface area (Å²) in [6.45, 7) is 4.83. The summed E-state index contributed by atoms with van der Waals surface area (Å²) in [6, 6.07) is 6.68. The molecule has 3 rings (SSSR count). The van der Waals surface area contributed by atoms with E-state index in [1.54, 1.807) is 6.07 Å². The number of aldehydes is 1. The molecule has 1 atom stereocenters.